The van der Waals surface area contributed by atoms with Crippen molar-refractivity contribution in [1.82, 2.24) is 0 Å². The van der Waals surface area contributed by atoms with Gasteiger partial charge in [-0.3, -0.25) is 19.2 Å². The second-order valence-corrected chi connectivity index (χ2v) is 12.2. The number of hydrogen-bond donors (Lipinski definition) is 2. The van der Waals surface area contributed by atoms with Crippen molar-refractivity contribution < 1.29 is 44.5 Å². The number of carbonyl (C=O) groups is 6. The molecular weight excluding hydrogens is 624 g/mol. The lowest BCUT2D eigenvalue weighted by atomic mass is 9.79. The molecule has 0 aliphatic heterocycles. The number of rotatable bonds is 10. The van der Waals surface area contributed by atoms with Crippen LogP contribution >= 0.6 is 0 Å². The van der Waals surface area contributed by atoms with E-state index < -0.39 is 47.9 Å². The molecule has 0 aromatic heterocycles. The van der Waals surface area contributed by atoms with Crippen LogP contribution in [0.25, 0.3) is 0 Å². The highest BCUT2D eigenvalue weighted by Gasteiger charge is 2.24. The second-order valence-electron chi connectivity index (χ2n) is 12.2. The van der Waals surface area contributed by atoms with Gasteiger partial charge in [0, 0.05) is 23.0 Å². The van der Waals surface area contributed by atoms with Gasteiger partial charge in [0.1, 0.15) is 0 Å². The Hall–Kier alpha value is -5.54. The van der Waals surface area contributed by atoms with Gasteiger partial charge in [0.2, 0.25) is 11.6 Å². The third-order valence-electron chi connectivity index (χ3n) is 9.13. The summed E-state index contributed by atoms with van der Waals surface area (Å²) >= 11 is 0. The van der Waals surface area contributed by atoms with E-state index in [9.17, 15) is 28.8 Å². The van der Waals surface area contributed by atoms with Gasteiger partial charge in [0.05, 0.1) is 12.8 Å². The predicted octanol–water partition coefficient (Wildman–Crippen LogP) is 5.94. The maximum atomic E-state index is 12.0. The van der Waals surface area contributed by atoms with Crippen LogP contribution in [-0.4, -0.2) is 50.8 Å². The zero-order valence-corrected chi connectivity index (χ0v) is 26.9. The van der Waals surface area contributed by atoms with E-state index in [1.54, 1.807) is 24.3 Å². The summed E-state index contributed by atoms with van der Waals surface area (Å²) in [6.07, 6.45) is 5.41. The van der Waals surface area contributed by atoms with Crippen LogP contribution in [0.2, 0.25) is 0 Å². The molecule has 49 heavy (non-hydrogen) atoms. The number of fused-ring (bicyclic) bond motifs is 2. The van der Waals surface area contributed by atoms with Crippen molar-refractivity contribution in [2.24, 2.45) is 0 Å². The Balaban J connectivity index is 0.000000216. The third kappa shape index (κ3) is 8.88. The molecule has 0 saturated carbocycles. The Kier molecular flexibility index (Phi) is 12.2. The van der Waals surface area contributed by atoms with Crippen molar-refractivity contribution in [1.29, 1.82) is 0 Å². The molecule has 0 bridgehead atoms. The monoisotopic (exact) mass is 662 g/mol. The first-order chi connectivity index (χ1) is 23.1. The molecule has 2 unspecified atom stereocenters. The molecular formula is C40H38O9. The number of Topliss-reactive ketones (excluding diaryl/α,β-unsaturated/α-hetero) is 4. The molecule has 2 aliphatic carbocycles. The number of carboxylic acid groups (broad SMARTS) is 2. The summed E-state index contributed by atoms with van der Waals surface area (Å²) in [4.78, 5) is 67.3. The fourth-order valence-corrected chi connectivity index (χ4v) is 6.65. The number of hydrogen-bond acceptors (Lipinski definition) is 6. The molecule has 2 aliphatic rings. The van der Waals surface area contributed by atoms with E-state index in [2.05, 4.69) is 36.4 Å². The first-order valence-electron chi connectivity index (χ1n) is 16.1. The Bertz CT molecular complexity index is 1720. The average molecular weight is 663 g/mol. The molecule has 0 fully saturated rings. The van der Waals surface area contributed by atoms with Crippen molar-refractivity contribution in [3.05, 3.63) is 142 Å². The van der Waals surface area contributed by atoms with Gasteiger partial charge < -0.3 is 15.7 Å². The van der Waals surface area contributed by atoms with E-state index in [-0.39, 0.29) is 5.48 Å². The normalized spacial score (nSPS) is 15.9. The zero-order valence-electron chi connectivity index (χ0n) is 26.9. The van der Waals surface area contributed by atoms with Gasteiger partial charge in [0.25, 0.3) is 0 Å². The molecule has 0 heterocycles. The third-order valence-corrected chi connectivity index (χ3v) is 9.13. The minimum absolute atomic E-state index is 0. The number of carboxylic acids is 2. The number of ketones is 4. The lowest BCUT2D eigenvalue weighted by molar-refractivity contribution is -0.148. The quantitative estimate of drug-likeness (QED) is 0.119. The van der Waals surface area contributed by atoms with E-state index in [0.717, 1.165) is 49.7 Å². The van der Waals surface area contributed by atoms with Gasteiger partial charge in [-0.25, -0.2) is 9.59 Å². The highest BCUT2D eigenvalue weighted by atomic mass is 16.4. The number of aryl methyl sites for hydroxylation is 2. The minimum Gasteiger partial charge on any atom is -0.475 e. The van der Waals surface area contributed by atoms with Crippen molar-refractivity contribution >= 4 is 35.1 Å². The second kappa shape index (κ2) is 16.5. The van der Waals surface area contributed by atoms with E-state index in [4.69, 9.17) is 10.2 Å². The smallest absolute Gasteiger partial charge is 0.372 e. The molecule has 252 valence electrons. The van der Waals surface area contributed by atoms with Gasteiger partial charge in [-0.1, -0.05) is 97.1 Å². The predicted molar refractivity (Wildman–Crippen MR) is 182 cm³/mol. The summed E-state index contributed by atoms with van der Waals surface area (Å²) in [6, 6.07) is 31.2. The summed E-state index contributed by atoms with van der Waals surface area (Å²) in [5, 5.41) is 17.2. The van der Waals surface area contributed by atoms with Gasteiger partial charge in [-0.15, -0.1) is 0 Å². The van der Waals surface area contributed by atoms with Gasteiger partial charge in [-0.2, -0.15) is 0 Å². The van der Waals surface area contributed by atoms with Crippen LogP contribution in [0.15, 0.2) is 97.1 Å². The summed E-state index contributed by atoms with van der Waals surface area (Å²) in [5.41, 5.74) is 8.45. The largest absolute Gasteiger partial charge is 0.475 e. The molecule has 2 atom stereocenters. The average Bonchev–Trinajstić information content (AvgIpc) is 3.11. The van der Waals surface area contributed by atoms with E-state index >= 15 is 0 Å². The van der Waals surface area contributed by atoms with Crippen molar-refractivity contribution in [3.63, 3.8) is 0 Å². The summed E-state index contributed by atoms with van der Waals surface area (Å²) in [7, 11) is 0. The van der Waals surface area contributed by atoms with Gasteiger partial charge >= 0.3 is 11.9 Å². The number of aliphatic carboxylic acids is 2. The van der Waals surface area contributed by atoms with Crippen molar-refractivity contribution in [2.45, 2.75) is 63.2 Å². The SMILES string of the molecule is O.O=C(O)C(=O)CC(=O)c1ccc(C2CCCc3ccccc32)cc1.O=C(O)C(=O)CC(=O)c1ccc(C2CCCc3ccccc32)cc1. The van der Waals surface area contributed by atoms with Crippen LogP contribution in [0.5, 0.6) is 0 Å². The molecule has 9 heteroatoms. The van der Waals surface area contributed by atoms with Crippen LogP contribution < -0.4 is 0 Å². The fourth-order valence-electron chi connectivity index (χ4n) is 6.65. The molecule has 9 nitrogen and oxygen atoms in total. The van der Waals surface area contributed by atoms with Gasteiger partial charge in [0.15, 0.2) is 11.6 Å². The van der Waals surface area contributed by atoms with E-state index in [1.807, 2.05) is 36.4 Å². The molecule has 0 spiro atoms. The molecule has 4 N–H and O–H groups in total. The standard InChI is InChI=1S/2C20H18O4.H2O/c2*21-18(12-19(22)20(23)24)15-10-8-14(9-11-15)17-7-3-5-13-4-1-2-6-16(13)17;/h2*1-2,4,6,8-11,17H,3,5,7,12H2,(H,23,24);1H2. The molecule has 4 aromatic carbocycles. The molecule has 4 aromatic rings. The molecule has 0 saturated heterocycles. The highest BCUT2D eigenvalue weighted by Crippen LogP contribution is 2.37. The number of carbonyl (C=O) groups excluding carboxylic acids is 4. The van der Waals surface area contributed by atoms with Crippen LogP contribution in [0.3, 0.4) is 0 Å². The molecule has 6 rings (SSSR count). The Morgan fingerprint density at radius 3 is 1.20 bits per heavy atom. The van der Waals surface area contributed by atoms with E-state index in [0.29, 0.717) is 23.0 Å². The number of benzene rings is 4. The van der Waals surface area contributed by atoms with Crippen LogP contribution in [0.4, 0.5) is 0 Å². The molecule has 0 amide bonds. The lowest BCUT2D eigenvalue weighted by Crippen LogP contribution is -2.17. The lowest BCUT2D eigenvalue weighted by Gasteiger charge is -2.26. The van der Waals surface area contributed by atoms with Crippen molar-refractivity contribution in [3.8, 4) is 0 Å². The topological polar surface area (TPSA) is 174 Å². The van der Waals surface area contributed by atoms with Crippen LogP contribution in [-0.2, 0) is 32.0 Å². The van der Waals surface area contributed by atoms with Gasteiger partial charge in [-0.05, 0) is 71.9 Å². The Morgan fingerprint density at radius 1 is 0.510 bits per heavy atom. The highest BCUT2D eigenvalue weighted by molar-refractivity contribution is 6.37. The summed E-state index contributed by atoms with van der Waals surface area (Å²) in [5.74, 6) is -5.58. The maximum absolute atomic E-state index is 12.0. The minimum atomic E-state index is -1.57. The van der Waals surface area contributed by atoms with Crippen molar-refractivity contribution in [2.75, 3.05) is 0 Å². The zero-order chi connectivity index (χ0) is 34.2. The Morgan fingerprint density at radius 2 is 0.857 bits per heavy atom. The van der Waals surface area contributed by atoms with E-state index in [1.165, 1.54) is 22.3 Å². The molecule has 0 radical (unpaired) electrons. The van der Waals surface area contributed by atoms with Crippen LogP contribution in [0.1, 0.15) is 104 Å². The first kappa shape index (κ1) is 36.3. The summed E-state index contributed by atoms with van der Waals surface area (Å²) in [6.45, 7) is 0. The summed E-state index contributed by atoms with van der Waals surface area (Å²) < 4.78 is 0. The fraction of sp³-hybridized carbons (Fsp3) is 0.250. The maximum Gasteiger partial charge on any atom is 0.372 e. The Labute approximate surface area is 283 Å². The first-order valence-corrected chi connectivity index (χ1v) is 16.1. The van der Waals surface area contributed by atoms with Crippen LogP contribution in [0, 0.1) is 0 Å².